The number of aliphatic hydroxyl groups is 2. The number of nitrogens with one attached hydrogen (secondary N) is 1. The summed E-state index contributed by atoms with van der Waals surface area (Å²) in [6.07, 6.45) is -7.10. The number of aromatic amines is 1. The molecule has 0 saturated carbocycles. The Kier molecular flexibility index (Phi) is 9.59. The smallest absolute Gasteiger partial charge is 0.349 e. The van der Waals surface area contributed by atoms with Gasteiger partial charge in [-0.3, -0.25) is 28.3 Å². The second-order valence-corrected chi connectivity index (χ2v) is 12.5. The van der Waals surface area contributed by atoms with E-state index < -0.39 is 77.4 Å². The van der Waals surface area contributed by atoms with Crippen molar-refractivity contribution < 1.29 is 52.4 Å². The summed E-state index contributed by atoms with van der Waals surface area (Å²) in [5.74, 6) is -0.141. The van der Waals surface area contributed by atoms with E-state index in [9.17, 15) is 24.4 Å². The number of aliphatic hydroxyl groups excluding tert-OH is 2. The molecule has 2 aliphatic heterocycles. The van der Waals surface area contributed by atoms with Crippen molar-refractivity contribution in [3.05, 3.63) is 29.3 Å². The summed E-state index contributed by atoms with van der Waals surface area (Å²) in [5, 5.41) is 31.2. The number of rotatable bonds is 13. The Hall–Kier alpha value is -3.56. The van der Waals surface area contributed by atoms with Gasteiger partial charge < -0.3 is 54.5 Å². The number of nitrogens with zero attached hydrogens (tertiary/aromatic N) is 7. The van der Waals surface area contributed by atoms with Gasteiger partial charge in [0.05, 0.1) is 25.9 Å². The van der Waals surface area contributed by atoms with E-state index >= 15 is 0 Å². The van der Waals surface area contributed by atoms with Crippen molar-refractivity contribution in [2.24, 2.45) is 0 Å². The number of H-pyrrole nitrogens is 1. The van der Waals surface area contributed by atoms with E-state index in [1.54, 1.807) is 0 Å². The van der Waals surface area contributed by atoms with Gasteiger partial charge in [0.15, 0.2) is 41.2 Å². The molecule has 6 heterocycles. The molecule has 8 N–H and O–H groups in total. The van der Waals surface area contributed by atoms with Gasteiger partial charge in [0.1, 0.15) is 42.4 Å². The number of carbonyl (C=O) groups is 1. The lowest BCUT2D eigenvalue weighted by atomic mass is 10.1. The van der Waals surface area contributed by atoms with Gasteiger partial charge in [-0.2, -0.15) is 4.98 Å². The summed E-state index contributed by atoms with van der Waals surface area (Å²) >= 11 is 0. The molecule has 2 fully saturated rings. The van der Waals surface area contributed by atoms with E-state index in [0.717, 1.165) is 7.20 Å². The lowest BCUT2D eigenvalue weighted by molar-refractivity contribution is -0.142. The van der Waals surface area contributed by atoms with Gasteiger partial charge in [-0.05, 0) is 0 Å². The van der Waals surface area contributed by atoms with E-state index in [-0.39, 0.29) is 47.2 Å². The average molecular weight is 693 g/mol. The number of ether oxygens (including phenoxy) is 3. The number of hydrogen-bond acceptors (Lipinski definition) is 19. The molecule has 0 bridgehead atoms. The maximum atomic E-state index is 13.4. The second-order valence-electron chi connectivity index (χ2n) is 10.1. The Morgan fingerprint density at radius 2 is 1.77 bits per heavy atom. The minimum Gasteiger partial charge on any atom is -0.457 e. The highest BCUT2D eigenvalue weighted by Gasteiger charge is 2.50. The van der Waals surface area contributed by atoms with Crippen LogP contribution in [0, 0.1) is 0 Å². The molecule has 4 aromatic rings. The molecular weight excluding hydrogens is 668 g/mol. The first-order valence-corrected chi connectivity index (χ1v) is 16.1. The molecule has 26 heteroatoms. The maximum Gasteiger partial charge on any atom is 0.349 e. The quantitative estimate of drug-likeness (QED) is 0.0352. The van der Waals surface area contributed by atoms with Crippen molar-refractivity contribution in [3.63, 3.8) is 0 Å². The van der Waals surface area contributed by atoms with Gasteiger partial charge in [0, 0.05) is 8.69 Å². The fraction of sp³-hybridized carbons (Fsp3) is 0.476. The molecule has 10 unspecified atom stereocenters. The molecule has 0 aliphatic carbocycles. The SMILES string of the molecule is [B]P(=O)(OCC1OC(n2cnc3c(=O)[nH]c(N)nc32)C(OC=O)C1O)OC1C(COP[B]O)OC(n2cnc3c(N)ncnc32)C1O. The van der Waals surface area contributed by atoms with Crippen molar-refractivity contribution in [2.75, 3.05) is 24.7 Å². The summed E-state index contributed by atoms with van der Waals surface area (Å²) in [6, 6.07) is 0. The molecule has 6 rings (SSSR count). The van der Waals surface area contributed by atoms with Crippen molar-refractivity contribution >= 4 is 71.5 Å². The molecular formula is C21H25B2N10O12P2. The lowest BCUT2D eigenvalue weighted by Crippen LogP contribution is -2.37. The van der Waals surface area contributed by atoms with Crippen LogP contribution in [0.5, 0.6) is 0 Å². The summed E-state index contributed by atoms with van der Waals surface area (Å²) in [4.78, 5) is 46.0. The van der Waals surface area contributed by atoms with Gasteiger partial charge in [-0.1, -0.05) is 0 Å². The van der Waals surface area contributed by atoms with Crippen molar-refractivity contribution in [1.82, 2.24) is 39.0 Å². The van der Waals surface area contributed by atoms with E-state index in [4.69, 9.17) is 51.8 Å². The topological polar surface area (TPSA) is 309 Å². The van der Waals surface area contributed by atoms with Crippen molar-refractivity contribution in [3.8, 4) is 0 Å². The average Bonchev–Trinajstić information content (AvgIpc) is 3.79. The molecule has 4 aromatic heterocycles. The summed E-state index contributed by atoms with van der Waals surface area (Å²) < 4.78 is 49.1. The van der Waals surface area contributed by atoms with E-state index in [0.29, 0.717) is 0 Å². The number of nitrogens with two attached hydrogens (primary N) is 2. The first kappa shape index (κ1) is 33.3. The largest absolute Gasteiger partial charge is 0.457 e. The molecule has 2 aliphatic rings. The molecule has 0 aromatic carbocycles. The molecule has 10 atom stereocenters. The Bertz CT molecular complexity index is 1870. The van der Waals surface area contributed by atoms with Crippen LogP contribution in [-0.2, 0) is 37.1 Å². The van der Waals surface area contributed by atoms with Crippen LogP contribution in [0.2, 0.25) is 0 Å². The summed E-state index contributed by atoms with van der Waals surface area (Å²) in [7, 11) is 1.65. The van der Waals surface area contributed by atoms with E-state index in [1.165, 1.54) is 28.1 Å². The van der Waals surface area contributed by atoms with Crippen LogP contribution >= 0.6 is 16.2 Å². The number of carbonyl (C=O) groups excluding carboxylic acids is 1. The van der Waals surface area contributed by atoms with Crippen LogP contribution < -0.4 is 17.0 Å². The van der Waals surface area contributed by atoms with Gasteiger partial charge in [0.25, 0.3) is 19.5 Å². The van der Waals surface area contributed by atoms with Crippen LogP contribution in [0.4, 0.5) is 11.8 Å². The van der Waals surface area contributed by atoms with Gasteiger partial charge in [0.2, 0.25) is 13.5 Å². The zero-order valence-corrected chi connectivity index (χ0v) is 25.6. The standard InChI is InChI=1S/C21H25B2N10O12P2/c22-47(39,42-2-7-11(35)14(40-6-34)20(43-7)33-5-29-10-17(33)30-21(25)31-18(10)37)45-13-8(1-41-46-23-38)44-19(12(13)36)32-4-28-9-15(24)26-3-27-16(9)32/h3-8,11-14,19-20,35-36,38,46H,1-2H2,(H2,24,26,27)(H3,25,30,31,37). The summed E-state index contributed by atoms with van der Waals surface area (Å²) in [6.45, 7) is -0.823. The highest BCUT2D eigenvalue weighted by atomic mass is 31.2. The molecule has 22 nitrogen and oxygen atoms in total. The number of aromatic nitrogens is 8. The number of fused-ring (bicyclic) bond motifs is 2. The number of anilines is 2. The van der Waals surface area contributed by atoms with Crippen LogP contribution in [-0.4, -0.2) is 125 Å². The Labute approximate surface area is 266 Å². The van der Waals surface area contributed by atoms with Crippen LogP contribution in [0.25, 0.3) is 22.3 Å². The fourth-order valence-corrected chi connectivity index (χ4v) is 6.59. The third-order valence-corrected chi connectivity index (χ3v) is 8.78. The predicted octanol–water partition coefficient (Wildman–Crippen LogP) is -3.00. The first-order chi connectivity index (χ1) is 22.5. The van der Waals surface area contributed by atoms with Gasteiger partial charge >= 0.3 is 7.20 Å². The molecule has 247 valence electrons. The van der Waals surface area contributed by atoms with Gasteiger partial charge in [-0.25, -0.2) is 19.9 Å². The zero-order valence-electron chi connectivity index (χ0n) is 23.7. The van der Waals surface area contributed by atoms with Crippen LogP contribution in [0.15, 0.2) is 23.8 Å². The first-order valence-electron chi connectivity index (χ1n) is 13.5. The number of hydrogen-bond donors (Lipinski definition) is 6. The number of imidazole rings is 2. The van der Waals surface area contributed by atoms with Crippen molar-refractivity contribution in [2.45, 2.75) is 49.1 Å². The monoisotopic (exact) mass is 693 g/mol. The van der Waals surface area contributed by atoms with E-state index in [1.807, 2.05) is 0 Å². The van der Waals surface area contributed by atoms with Gasteiger partial charge in [-0.15, -0.1) is 0 Å². The minimum absolute atomic E-state index is 0.0328. The second kappa shape index (κ2) is 13.5. The normalized spacial score (nSPS) is 29.2. The molecule has 47 heavy (non-hydrogen) atoms. The zero-order chi connectivity index (χ0) is 33.5. The minimum atomic E-state index is -4.58. The molecule has 2 saturated heterocycles. The molecule has 0 spiro atoms. The Morgan fingerprint density at radius 1 is 1.04 bits per heavy atom. The lowest BCUT2D eigenvalue weighted by Gasteiger charge is -2.26. The van der Waals surface area contributed by atoms with E-state index in [2.05, 4.69) is 29.9 Å². The van der Waals surface area contributed by atoms with Crippen LogP contribution in [0.3, 0.4) is 0 Å². The Morgan fingerprint density at radius 3 is 2.51 bits per heavy atom. The highest BCUT2D eigenvalue weighted by molar-refractivity contribution is 7.79. The third-order valence-electron chi connectivity index (χ3n) is 7.29. The summed E-state index contributed by atoms with van der Waals surface area (Å²) in [5.41, 5.74) is 11.2. The molecule has 0 amide bonds. The number of nitrogen functional groups attached to an aromatic ring is 2. The fourth-order valence-electron chi connectivity index (χ4n) is 5.24. The third kappa shape index (κ3) is 6.49. The van der Waals surface area contributed by atoms with Crippen molar-refractivity contribution in [1.29, 1.82) is 0 Å². The Balaban J connectivity index is 1.18. The molecule has 3 radical (unpaired) electrons. The highest BCUT2D eigenvalue weighted by Crippen LogP contribution is 2.49. The maximum absolute atomic E-state index is 13.4. The predicted molar refractivity (Wildman–Crippen MR) is 159 cm³/mol. The van der Waals surface area contributed by atoms with Crippen LogP contribution in [0.1, 0.15) is 12.5 Å².